The van der Waals surface area contributed by atoms with Gasteiger partial charge in [0, 0.05) is 14.2 Å². The average Bonchev–Trinajstić information content (AvgIpc) is 1.39. The Hall–Kier alpha value is -7.82. The first-order valence-corrected chi connectivity index (χ1v) is 31.1. The van der Waals surface area contributed by atoms with Gasteiger partial charge in [-0.1, -0.05) is 0 Å². The molecule has 2 atom stereocenters. The molecule has 0 radical (unpaired) electrons. The second kappa shape index (κ2) is 9.44. The molecule has 28 aromatic carbocycles. The maximum absolute atomic E-state index is 7.47. The summed E-state index contributed by atoms with van der Waals surface area (Å²) in [5.74, 6) is 0. The molecule has 1 aliphatic heterocycles. The molecule has 83 heavy (non-hydrogen) atoms. The molecule has 0 N–H and O–H groups in total. The third-order valence-electron chi connectivity index (χ3n) is 28.0. The normalized spacial score (nSPS) is 23.7. The minimum atomic E-state index is -0.423. The van der Waals surface area contributed by atoms with Gasteiger partial charge in [-0.05, 0) is 313 Å². The molecule has 1 saturated heterocycles. The molecule has 2 unspecified atom stereocenters. The monoisotopic (exact) mass is 1060 g/mol. The Morgan fingerprint density at radius 1 is 0.265 bits per heavy atom. The van der Waals surface area contributed by atoms with Crippen molar-refractivity contribution in [3.05, 3.63) is 22.3 Å². The average molecular weight is 1060 g/mol. The number of ether oxygens (including phenoxy) is 6. The number of likely N-dealkylation sites (tertiary alicyclic amines) is 1. The van der Waals surface area contributed by atoms with E-state index in [-0.39, 0.29) is 11.5 Å². The molecule has 1 heterocycles. The van der Waals surface area contributed by atoms with Gasteiger partial charge in [0.25, 0.3) is 0 Å². The van der Waals surface area contributed by atoms with Crippen molar-refractivity contribution in [2.24, 2.45) is 0 Å². The molecular formula is C76H34NO6+. The predicted octanol–water partition coefficient (Wildman–Crippen LogP) is 16.5. The predicted molar refractivity (Wildman–Crippen MR) is 341 cm³/mol. The lowest BCUT2D eigenvalue weighted by molar-refractivity contribution is -0.924. The van der Waals surface area contributed by atoms with E-state index >= 15 is 0 Å². The van der Waals surface area contributed by atoms with E-state index in [2.05, 4.69) is 7.05 Å². The molecule has 1 fully saturated rings. The Morgan fingerprint density at radius 2 is 0.470 bits per heavy atom. The smallest absolute Gasteiger partial charge is 0.128 e. The van der Waals surface area contributed by atoms with Crippen LogP contribution in [0.4, 0.5) is 0 Å². The maximum atomic E-state index is 7.47. The van der Waals surface area contributed by atoms with Crippen LogP contribution in [0.1, 0.15) is 22.3 Å². The molecule has 4 aliphatic carbocycles. The summed E-state index contributed by atoms with van der Waals surface area (Å²) in [4.78, 5) is 0. The largest absolute Gasteiger partial charge is 0.382 e. The number of nitrogens with zero attached hydrogens (tertiary/aromatic N) is 1. The van der Waals surface area contributed by atoms with Crippen molar-refractivity contribution in [3.63, 3.8) is 0 Å². The van der Waals surface area contributed by atoms with Crippen molar-refractivity contribution in [2.75, 3.05) is 100 Å². The zero-order valence-electron chi connectivity index (χ0n) is 45.0. The number of hydrogen-bond donors (Lipinski definition) is 0. The van der Waals surface area contributed by atoms with Gasteiger partial charge in [0.05, 0.1) is 90.5 Å². The Balaban J connectivity index is 0.919. The topological polar surface area (TPSA) is 55.4 Å². The SMILES string of the molecule is COCCOCCOCC[N+]1(C)CC23c4c5c6c7c8c9c(c%10c%11c2c2c4c4c%12c5c5c6c6c8c8c%13c9c9c%10c%10c%11c%11c2c2c4c4c%12c%12c5c5c6c8c6c8c%13c9c9c%10c%10c%11c2c2c4c4c%12c5c6c5c8c9c%10c2c45)C73C1COCCOCCOC. The van der Waals surface area contributed by atoms with Gasteiger partial charge in [-0.15, -0.1) is 0 Å². The molecular weight excluding hydrogens is 1020 g/mol. The van der Waals surface area contributed by atoms with Crippen molar-refractivity contribution in [1.29, 1.82) is 0 Å². The standard InChI is InChI=1S/C76H34NO6/c1-77(4-5-80-10-11-81-8-6-78-2)15-75-71-63-55-45-35-27-19-17-18-21-25-23(19)31-39-33(25)43-37-29(21)30-22(18)26-24-20(17)28(27)36-42-32(24)40-34(26)44-38(30)48-47(37)59-53(43)61-51(39)57(49(55)41(31)35)65(71)67(61)73-69(59)70-60(48)54(44)62-52(40)58-50(42)56(46(36)45)64(63)72(75)66(58)68(62)74(70)76(73,75)16(77)14-83-13-12-82-9-7-79-3/h16H,4-15H2,1-3H3/q+1. The molecule has 7 nitrogen and oxygen atoms in total. The Kier molecular flexibility index (Phi) is 4.17. The van der Waals surface area contributed by atoms with Gasteiger partial charge in [-0.3, -0.25) is 0 Å². The summed E-state index contributed by atoms with van der Waals surface area (Å²) in [6.45, 7) is 7.78. The number of rotatable bonds is 17. The summed E-state index contributed by atoms with van der Waals surface area (Å²) in [6.07, 6.45) is 0. The van der Waals surface area contributed by atoms with Gasteiger partial charge in [0.2, 0.25) is 0 Å². The van der Waals surface area contributed by atoms with Crippen LogP contribution in [-0.2, 0) is 39.3 Å². The number of methoxy groups -OCH3 is 2. The van der Waals surface area contributed by atoms with Crippen molar-refractivity contribution in [1.82, 2.24) is 0 Å². The Bertz CT molecular complexity index is 7250. The highest BCUT2D eigenvalue weighted by atomic mass is 16.5. The van der Waals surface area contributed by atoms with Gasteiger partial charge < -0.3 is 32.9 Å². The first kappa shape index (κ1) is 36.7. The van der Waals surface area contributed by atoms with E-state index in [1.54, 1.807) is 327 Å². The Labute approximate surface area is 460 Å². The summed E-state index contributed by atoms with van der Waals surface area (Å²) >= 11 is 0. The van der Waals surface area contributed by atoms with Crippen LogP contribution in [0, 0.1) is 0 Å². The number of likely N-dealkylation sites (N-methyl/N-ethyl adjacent to an activating group) is 1. The summed E-state index contributed by atoms with van der Waals surface area (Å²) in [7, 11) is 6.18. The van der Waals surface area contributed by atoms with Crippen molar-refractivity contribution in [2.45, 2.75) is 16.9 Å². The second-order valence-electron chi connectivity index (χ2n) is 29.2. The zero-order valence-corrected chi connectivity index (χ0v) is 45.0. The highest BCUT2D eigenvalue weighted by Crippen LogP contribution is 2.86. The van der Waals surface area contributed by atoms with E-state index in [9.17, 15) is 0 Å². The molecule has 2 spiro atoms. The van der Waals surface area contributed by atoms with E-state index in [4.69, 9.17) is 28.4 Å². The van der Waals surface area contributed by atoms with Crippen molar-refractivity contribution >= 4 is 291 Å². The highest BCUT2D eigenvalue weighted by molar-refractivity contribution is 6.82. The van der Waals surface area contributed by atoms with E-state index in [0.717, 1.165) is 17.6 Å². The first-order chi connectivity index (χ1) is 41.2. The summed E-state index contributed by atoms with van der Waals surface area (Å²) in [5.41, 5.74) is 6.11. The molecule has 0 bridgehead atoms. The van der Waals surface area contributed by atoms with Gasteiger partial charge in [-0.25, -0.2) is 0 Å². The third-order valence-corrected chi connectivity index (χ3v) is 28.0. The van der Waals surface area contributed by atoms with Crippen molar-refractivity contribution in [3.8, 4) is 0 Å². The number of hydrogen-bond acceptors (Lipinski definition) is 6. The Morgan fingerprint density at radius 3 is 0.723 bits per heavy atom. The lowest BCUT2D eigenvalue weighted by Crippen LogP contribution is -2.59. The van der Waals surface area contributed by atoms with Crippen LogP contribution in [0.2, 0.25) is 0 Å². The lowest BCUT2D eigenvalue weighted by atomic mass is 9.48. The minimum Gasteiger partial charge on any atom is -0.382 e. The molecule has 28 aromatic rings. The fraction of sp³-hybridized carbons (Fsp3) is 0.237. The molecule has 5 aliphatic rings. The summed E-state index contributed by atoms with van der Waals surface area (Å²) in [6, 6.07) is 0.0822. The van der Waals surface area contributed by atoms with Crippen LogP contribution in [0.3, 0.4) is 0 Å². The number of benzene rings is 18. The quantitative estimate of drug-likeness (QED) is 0.0515. The van der Waals surface area contributed by atoms with Crippen LogP contribution in [0.25, 0.3) is 291 Å². The maximum Gasteiger partial charge on any atom is 0.128 e. The molecule has 0 saturated carbocycles. The molecule has 33 rings (SSSR count). The van der Waals surface area contributed by atoms with Crippen LogP contribution in [-0.4, -0.2) is 111 Å². The molecule has 0 aromatic heterocycles. The van der Waals surface area contributed by atoms with Crippen LogP contribution in [0.15, 0.2) is 0 Å². The van der Waals surface area contributed by atoms with Gasteiger partial charge in [0.1, 0.15) is 12.6 Å². The van der Waals surface area contributed by atoms with Gasteiger partial charge in [0.15, 0.2) is 0 Å². The zero-order chi connectivity index (χ0) is 51.3. The fourth-order valence-electron chi connectivity index (χ4n) is 27.3. The van der Waals surface area contributed by atoms with E-state index in [1.807, 2.05) is 0 Å². The van der Waals surface area contributed by atoms with Gasteiger partial charge >= 0.3 is 0 Å². The van der Waals surface area contributed by atoms with Crippen molar-refractivity contribution < 1.29 is 32.9 Å². The van der Waals surface area contributed by atoms with Crippen LogP contribution >= 0.6 is 0 Å². The van der Waals surface area contributed by atoms with Crippen LogP contribution in [0.5, 0.6) is 0 Å². The van der Waals surface area contributed by atoms with E-state index in [0.29, 0.717) is 66.1 Å². The highest BCUT2D eigenvalue weighted by Gasteiger charge is 2.80. The summed E-state index contributed by atoms with van der Waals surface area (Å²) in [5, 5.41) is 88.6. The van der Waals surface area contributed by atoms with Gasteiger partial charge in [-0.2, -0.15) is 0 Å². The second-order valence-corrected chi connectivity index (χ2v) is 29.2. The number of quaternary nitrogens is 1. The minimum absolute atomic E-state index is 0.0822. The summed E-state index contributed by atoms with van der Waals surface area (Å²) < 4.78 is 38.3. The molecule has 0 amide bonds. The van der Waals surface area contributed by atoms with E-state index < -0.39 is 5.41 Å². The lowest BCUT2D eigenvalue weighted by Gasteiger charge is -2.49. The van der Waals surface area contributed by atoms with Crippen LogP contribution < -0.4 is 0 Å². The molecule has 7 heteroatoms. The third kappa shape index (κ3) is 2.38. The fourth-order valence-corrected chi connectivity index (χ4v) is 27.3. The first-order valence-electron chi connectivity index (χ1n) is 31.1. The molecule has 378 valence electrons. The van der Waals surface area contributed by atoms with E-state index in [1.165, 1.54) is 0 Å².